The van der Waals surface area contributed by atoms with Crippen LogP contribution in [0.2, 0.25) is 0 Å². The zero-order valence-electron chi connectivity index (χ0n) is 15.5. The summed E-state index contributed by atoms with van der Waals surface area (Å²) >= 11 is 0. The molecule has 0 aliphatic carbocycles. The maximum absolute atomic E-state index is 13.1. The third-order valence-corrected chi connectivity index (χ3v) is 6.87. The number of nitrogens with zero attached hydrogens (tertiary/aromatic N) is 3. The van der Waals surface area contributed by atoms with E-state index >= 15 is 0 Å². The Morgan fingerprint density at radius 3 is 2.32 bits per heavy atom. The van der Waals surface area contributed by atoms with Crippen molar-refractivity contribution in [3.8, 4) is 6.07 Å². The largest absolute Gasteiger partial charge is 0.481 e. The number of piperazine rings is 1. The second kappa shape index (κ2) is 8.00. The molecule has 2 aromatic rings. The molecule has 1 aliphatic rings. The van der Waals surface area contributed by atoms with Gasteiger partial charge in [-0.05, 0) is 48.4 Å². The minimum absolute atomic E-state index is 0.165. The predicted octanol–water partition coefficient (Wildman–Crippen LogP) is 2.00. The third kappa shape index (κ3) is 4.16. The molecule has 0 spiro atoms. The van der Waals surface area contributed by atoms with Gasteiger partial charge in [-0.25, -0.2) is 8.42 Å². The van der Waals surface area contributed by atoms with Gasteiger partial charge in [0.1, 0.15) is 0 Å². The van der Waals surface area contributed by atoms with Crippen LogP contribution < -0.4 is 4.90 Å². The van der Waals surface area contributed by atoms with E-state index in [1.54, 1.807) is 31.2 Å². The number of benzene rings is 2. The predicted molar refractivity (Wildman–Crippen MR) is 105 cm³/mol. The highest BCUT2D eigenvalue weighted by atomic mass is 32.2. The van der Waals surface area contributed by atoms with E-state index in [4.69, 9.17) is 10.4 Å². The SMILES string of the molecule is Cc1ccc(CC(=O)O)cc1S(=O)(=O)N1CCN(c2ccc(C#N)cc2)CC1. The van der Waals surface area contributed by atoms with Crippen molar-refractivity contribution in [2.45, 2.75) is 18.2 Å². The van der Waals surface area contributed by atoms with E-state index in [1.165, 1.54) is 10.4 Å². The number of aliphatic carboxylic acids is 1. The quantitative estimate of drug-likeness (QED) is 0.825. The Morgan fingerprint density at radius 2 is 1.75 bits per heavy atom. The number of carboxylic acid groups (broad SMARTS) is 1. The number of nitriles is 1. The maximum atomic E-state index is 13.1. The summed E-state index contributed by atoms with van der Waals surface area (Å²) in [4.78, 5) is 13.2. The lowest BCUT2D eigenvalue weighted by Crippen LogP contribution is -2.48. The summed E-state index contributed by atoms with van der Waals surface area (Å²) in [5.74, 6) is -0.997. The van der Waals surface area contributed by atoms with Gasteiger partial charge in [-0.3, -0.25) is 4.79 Å². The highest BCUT2D eigenvalue weighted by Crippen LogP contribution is 2.24. The third-order valence-electron chi connectivity index (χ3n) is 4.83. The van der Waals surface area contributed by atoms with Crippen LogP contribution in [0.1, 0.15) is 16.7 Å². The van der Waals surface area contributed by atoms with Crippen molar-refractivity contribution in [3.05, 3.63) is 59.2 Å². The number of carboxylic acids is 1. The number of hydrogen-bond acceptors (Lipinski definition) is 5. The van der Waals surface area contributed by atoms with Gasteiger partial charge in [0.25, 0.3) is 0 Å². The molecule has 8 heteroatoms. The van der Waals surface area contributed by atoms with Crippen molar-refractivity contribution < 1.29 is 18.3 Å². The fraction of sp³-hybridized carbons (Fsp3) is 0.300. The van der Waals surface area contributed by atoms with Crippen molar-refractivity contribution in [3.63, 3.8) is 0 Å². The molecule has 2 aromatic carbocycles. The maximum Gasteiger partial charge on any atom is 0.307 e. The topological polar surface area (TPSA) is 102 Å². The molecule has 0 bridgehead atoms. The molecule has 0 aromatic heterocycles. The molecule has 1 fully saturated rings. The van der Waals surface area contributed by atoms with Crippen molar-refractivity contribution in [1.82, 2.24) is 4.31 Å². The average Bonchev–Trinajstić information content (AvgIpc) is 2.69. The van der Waals surface area contributed by atoms with E-state index in [0.29, 0.717) is 42.9 Å². The molecule has 0 saturated carbocycles. The minimum Gasteiger partial charge on any atom is -0.481 e. The van der Waals surface area contributed by atoms with E-state index in [2.05, 4.69) is 11.0 Å². The van der Waals surface area contributed by atoms with Gasteiger partial charge in [0, 0.05) is 31.9 Å². The van der Waals surface area contributed by atoms with Crippen LogP contribution in [0.5, 0.6) is 0 Å². The highest BCUT2D eigenvalue weighted by Gasteiger charge is 2.30. The van der Waals surface area contributed by atoms with Crippen molar-refractivity contribution in [2.75, 3.05) is 31.1 Å². The van der Waals surface area contributed by atoms with Gasteiger partial charge in [-0.15, -0.1) is 0 Å². The van der Waals surface area contributed by atoms with Gasteiger partial charge in [-0.2, -0.15) is 9.57 Å². The lowest BCUT2D eigenvalue weighted by Gasteiger charge is -2.35. The highest BCUT2D eigenvalue weighted by molar-refractivity contribution is 7.89. The van der Waals surface area contributed by atoms with E-state index < -0.39 is 16.0 Å². The summed E-state index contributed by atoms with van der Waals surface area (Å²) in [6, 6.07) is 14.1. The summed E-state index contributed by atoms with van der Waals surface area (Å²) < 4.78 is 27.6. The molecule has 0 amide bonds. The molecule has 1 saturated heterocycles. The molecule has 7 nitrogen and oxygen atoms in total. The molecule has 1 aliphatic heterocycles. The summed E-state index contributed by atoms with van der Waals surface area (Å²) in [5.41, 5.74) is 2.61. The van der Waals surface area contributed by atoms with Crippen LogP contribution in [0.25, 0.3) is 0 Å². The van der Waals surface area contributed by atoms with Gasteiger partial charge in [0.15, 0.2) is 0 Å². The number of rotatable bonds is 5. The summed E-state index contributed by atoms with van der Waals surface area (Å²) in [6.07, 6.45) is -0.213. The standard InChI is InChI=1S/C20H21N3O4S/c1-15-2-3-17(13-20(24)25)12-19(15)28(26,27)23-10-8-22(9-11-23)18-6-4-16(14-21)5-7-18/h2-7,12H,8-11,13H2,1H3,(H,24,25). The van der Waals surface area contributed by atoms with Crippen LogP contribution in [0, 0.1) is 18.3 Å². The van der Waals surface area contributed by atoms with E-state index in [1.807, 2.05) is 12.1 Å². The van der Waals surface area contributed by atoms with Crippen LogP contribution >= 0.6 is 0 Å². The zero-order chi connectivity index (χ0) is 20.3. The number of aryl methyl sites for hydroxylation is 1. The smallest absolute Gasteiger partial charge is 0.307 e. The fourth-order valence-corrected chi connectivity index (χ4v) is 4.98. The number of carbonyl (C=O) groups is 1. The Kier molecular flexibility index (Phi) is 5.68. The van der Waals surface area contributed by atoms with Crippen LogP contribution in [0.4, 0.5) is 5.69 Å². The van der Waals surface area contributed by atoms with Gasteiger partial charge >= 0.3 is 5.97 Å². The first-order chi connectivity index (χ1) is 13.3. The van der Waals surface area contributed by atoms with E-state index in [9.17, 15) is 13.2 Å². The Bertz CT molecular complexity index is 1020. The monoisotopic (exact) mass is 399 g/mol. The van der Waals surface area contributed by atoms with Crippen LogP contribution in [-0.2, 0) is 21.2 Å². The summed E-state index contributed by atoms with van der Waals surface area (Å²) in [7, 11) is -3.70. The summed E-state index contributed by atoms with van der Waals surface area (Å²) in [5, 5.41) is 17.9. The fourth-order valence-electron chi connectivity index (χ4n) is 3.28. The van der Waals surface area contributed by atoms with Crippen LogP contribution in [0.15, 0.2) is 47.4 Å². The first kappa shape index (κ1) is 19.9. The molecule has 1 heterocycles. The molecule has 146 valence electrons. The van der Waals surface area contributed by atoms with E-state index in [0.717, 1.165) is 5.69 Å². The molecule has 1 N–H and O–H groups in total. The average molecular weight is 399 g/mol. The van der Waals surface area contributed by atoms with Crippen molar-refractivity contribution >= 4 is 21.7 Å². The lowest BCUT2D eigenvalue weighted by atomic mass is 10.1. The minimum atomic E-state index is -3.70. The molecular formula is C20H21N3O4S. The second-order valence-corrected chi connectivity index (χ2v) is 8.63. The number of hydrogen-bond donors (Lipinski definition) is 1. The molecule has 0 atom stereocenters. The molecule has 28 heavy (non-hydrogen) atoms. The van der Waals surface area contributed by atoms with E-state index in [-0.39, 0.29) is 11.3 Å². The first-order valence-corrected chi connectivity index (χ1v) is 10.3. The number of sulfonamides is 1. The Balaban J connectivity index is 1.76. The summed E-state index contributed by atoms with van der Waals surface area (Å²) in [6.45, 7) is 3.47. The first-order valence-electron chi connectivity index (χ1n) is 8.88. The molecule has 0 radical (unpaired) electrons. The second-order valence-electron chi connectivity index (χ2n) is 6.72. The van der Waals surface area contributed by atoms with Gasteiger partial charge in [0.2, 0.25) is 10.0 Å². The normalized spacial score (nSPS) is 15.2. The Hall–Kier alpha value is -2.89. The Morgan fingerprint density at radius 1 is 1.11 bits per heavy atom. The molecular weight excluding hydrogens is 378 g/mol. The van der Waals surface area contributed by atoms with Gasteiger partial charge in [-0.1, -0.05) is 12.1 Å². The lowest BCUT2D eigenvalue weighted by molar-refractivity contribution is -0.136. The van der Waals surface area contributed by atoms with Gasteiger partial charge < -0.3 is 10.0 Å². The zero-order valence-corrected chi connectivity index (χ0v) is 16.3. The number of anilines is 1. The van der Waals surface area contributed by atoms with Crippen molar-refractivity contribution in [1.29, 1.82) is 5.26 Å². The van der Waals surface area contributed by atoms with Crippen molar-refractivity contribution in [2.24, 2.45) is 0 Å². The molecule has 0 unspecified atom stereocenters. The van der Waals surface area contributed by atoms with Crippen LogP contribution in [0.3, 0.4) is 0 Å². The molecule has 3 rings (SSSR count). The van der Waals surface area contributed by atoms with Gasteiger partial charge in [0.05, 0.1) is 22.9 Å². The Labute approximate surface area is 164 Å². The van der Waals surface area contributed by atoms with Crippen LogP contribution in [-0.4, -0.2) is 50.0 Å².